The van der Waals surface area contributed by atoms with E-state index < -0.39 is 0 Å². The second-order valence-corrected chi connectivity index (χ2v) is 8.34. The van der Waals surface area contributed by atoms with Gasteiger partial charge in [-0.3, -0.25) is 0 Å². The average Bonchev–Trinajstić information content (AvgIpc) is 2.76. The van der Waals surface area contributed by atoms with Crippen molar-refractivity contribution in [3.8, 4) is 0 Å². The standard InChI is InChI=1S/C16H16BrClS/c1-10-14(9-15(17)19-10)16(18)13-7-6-11-4-2-3-5-12(11)8-13/h2-5,9,13,16H,6-8H2,1H3. The number of halogens is 2. The third-order valence-electron chi connectivity index (χ3n) is 4.02. The van der Waals surface area contributed by atoms with Crippen molar-refractivity contribution in [3.05, 3.63) is 55.7 Å². The SMILES string of the molecule is Cc1sc(Br)cc1C(Cl)C1CCc2ccccc2C1. The topological polar surface area (TPSA) is 0 Å². The van der Waals surface area contributed by atoms with Crippen LogP contribution in [-0.2, 0) is 12.8 Å². The van der Waals surface area contributed by atoms with Gasteiger partial charge in [-0.1, -0.05) is 24.3 Å². The highest BCUT2D eigenvalue weighted by molar-refractivity contribution is 9.11. The van der Waals surface area contributed by atoms with Crippen molar-refractivity contribution in [2.24, 2.45) is 5.92 Å². The Morgan fingerprint density at radius 1 is 1.32 bits per heavy atom. The highest BCUT2D eigenvalue weighted by Gasteiger charge is 2.27. The summed E-state index contributed by atoms with van der Waals surface area (Å²) in [6.07, 6.45) is 3.46. The highest BCUT2D eigenvalue weighted by atomic mass is 79.9. The fourth-order valence-corrected chi connectivity index (χ4v) is 5.23. The lowest BCUT2D eigenvalue weighted by molar-refractivity contribution is 0.443. The first-order valence-corrected chi connectivity index (χ1v) is 8.66. The van der Waals surface area contributed by atoms with Crippen LogP contribution in [0, 0.1) is 12.8 Å². The second kappa shape index (κ2) is 5.59. The van der Waals surface area contributed by atoms with E-state index in [1.54, 1.807) is 11.3 Å². The van der Waals surface area contributed by atoms with E-state index in [-0.39, 0.29) is 5.38 Å². The van der Waals surface area contributed by atoms with Crippen LogP contribution in [0.1, 0.15) is 33.4 Å². The van der Waals surface area contributed by atoms with E-state index in [2.05, 4.69) is 53.2 Å². The normalized spacial score (nSPS) is 20.1. The van der Waals surface area contributed by atoms with E-state index in [0.29, 0.717) is 5.92 Å². The van der Waals surface area contributed by atoms with Gasteiger partial charge in [0, 0.05) is 4.88 Å². The smallest absolute Gasteiger partial charge is 0.0704 e. The molecule has 0 nitrogen and oxygen atoms in total. The molecule has 100 valence electrons. The zero-order valence-corrected chi connectivity index (χ0v) is 14.0. The van der Waals surface area contributed by atoms with Crippen molar-refractivity contribution in [2.75, 3.05) is 0 Å². The van der Waals surface area contributed by atoms with Gasteiger partial charge < -0.3 is 0 Å². The lowest BCUT2D eigenvalue weighted by Crippen LogP contribution is -2.18. The molecule has 2 atom stereocenters. The molecule has 3 heteroatoms. The van der Waals surface area contributed by atoms with Gasteiger partial charge >= 0.3 is 0 Å². The van der Waals surface area contributed by atoms with E-state index >= 15 is 0 Å². The summed E-state index contributed by atoms with van der Waals surface area (Å²) >= 11 is 12.1. The summed E-state index contributed by atoms with van der Waals surface area (Å²) in [5, 5.41) is 0.135. The van der Waals surface area contributed by atoms with Gasteiger partial charge in [-0.15, -0.1) is 22.9 Å². The quantitative estimate of drug-likeness (QED) is 0.588. The maximum atomic E-state index is 6.76. The molecule has 2 unspecified atom stereocenters. The number of benzene rings is 1. The Balaban J connectivity index is 1.83. The fourth-order valence-electron chi connectivity index (χ4n) is 2.96. The number of thiophene rings is 1. The first-order chi connectivity index (χ1) is 9.15. The number of alkyl halides is 1. The van der Waals surface area contributed by atoms with Gasteiger partial charge in [0.1, 0.15) is 0 Å². The van der Waals surface area contributed by atoms with Gasteiger partial charge in [0.15, 0.2) is 0 Å². The molecule has 0 bridgehead atoms. The molecule has 0 spiro atoms. The van der Waals surface area contributed by atoms with Crippen LogP contribution >= 0.6 is 38.9 Å². The van der Waals surface area contributed by atoms with Crippen molar-refractivity contribution in [2.45, 2.75) is 31.6 Å². The lowest BCUT2D eigenvalue weighted by Gasteiger charge is -2.28. The summed E-state index contributed by atoms with van der Waals surface area (Å²) in [6.45, 7) is 2.16. The van der Waals surface area contributed by atoms with Gasteiger partial charge in [0.2, 0.25) is 0 Å². The van der Waals surface area contributed by atoms with E-state index in [0.717, 1.165) is 12.8 Å². The van der Waals surface area contributed by atoms with Crippen LogP contribution in [0.3, 0.4) is 0 Å². The zero-order valence-electron chi connectivity index (χ0n) is 10.8. The molecule has 0 amide bonds. The van der Waals surface area contributed by atoms with Gasteiger partial charge in [-0.05, 0) is 70.8 Å². The minimum atomic E-state index is 0.135. The molecule has 1 aliphatic rings. The van der Waals surface area contributed by atoms with Gasteiger partial charge in [-0.2, -0.15) is 0 Å². The molecule has 0 saturated carbocycles. The maximum absolute atomic E-state index is 6.76. The van der Waals surface area contributed by atoms with Crippen molar-refractivity contribution >= 4 is 38.9 Å². The summed E-state index contributed by atoms with van der Waals surface area (Å²) in [4.78, 5) is 1.34. The van der Waals surface area contributed by atoms with E-state index in [1.165, 1.54) is 31.8 Å². The molecule has 1 aromatic heterocycles. The zero-order chi connectivity index (χ0) is 13.4. The predicted molar refractivity (Wildman–Crippen MR) is 87.3 cm³/mol. The van der Waals surface area contributed by atoms with Crippen LogP contribution in [0.4, 0.5) is 0 Å². The summed E-state index contributed by atoms with van der Waals surface area (Å²) < 4.78 is 1.18. The Morgan fingerprint density at radius 3 is 2.74 bits per heavy atom. The Kier molecular flexibility index (Phi) is 4.02. The molecule has 0 aliphatic heterocycles. The molecule has 3 rings (SSSR count). The Labute approximate surface area is 131 Å². The monoisotopic (exact) mass is 354 g/mol. The third kappa shape index (κ3) is 2.76. The van der Waals surface area contributed by atoms with E-state index in [9.17, 15) is 0 Å². The van der Waals surface area contributed by atoms with Crippen LogP contribution in [-0.4, -0.2) is 0 Å². The third-order valence-corrected chi connectivity index (χ3v) is 6.18. The Bertz CT molecular complexity index is 590. The van der Waals surface area contributed by atoms with Gasteiger partial charge in [0.05, 0.1) is 9.16 Å². The lowest BCUT2D eigenvalue weighted by atomic mass is 9.80. The van der Waals surface area contributed by atoms with Crippen LogP contribution in [0.25, 0.3) is 0 Å². The predicted octanol–water partition coefficient (Wildman–Crippen LogP) is 5.90. The first-order valence-electron chi connectivity index (χ1n) is 6.62. The van der Waals surface area contributed by atoms with Crippen LogP contribution in [0.2, 0.25) is 0 Å². The van der Waals surface area contributed by atoms with Crippen LogP contribution in [0.15, 0.2) is 34.1 Å². The second-order valence-electron chi connectivity index (χ2n) is 5.24. The van der Waals surface area contributed by atoms with Crippen molar-refractivity contribution in [1.82, 2.24) is 0 Å². The minimum absolute atomic E-state index is 0.135. The molecular weight excluding hydrogens is 340 g/mol. The molecule has 0 saturated heterocycles. The van der Waals surface area contributed by atoms with Gasteiger partial charge in [-0.25, -0.2) is 0 Å². The molecule has 1 aliphatic carbocycles. The number of aryl methyl sites for hydroxylation is 2. The molecule has 0 N–H and O–H groups in total. The largest absolute Gasteiger partial charge is 0.133 e. The fraction of sp³-hybridized carbons (Fsp3) is 0.375. The van der Waals surface area contributed by atoms with Crippen molar-refractivity contribution in [1.29, 1.82) is 0 Å². The van der Waals surface area contributed by atoms with E-state index in [4.69, 9.17) is 11.6 Å². The number of rotatable bonds is 2. The molecule has 0 fully saturated rings. The Hall–Kier alpha value is -0.310. The minimum Gasteiger partial charge on any atom is -0.133 e. The first kappa shape index (κ1) is 13.7. The van der Waals surface area contributed by atoms with E-state index in [1.807, 2.05) is 0 Å². The summed E-state index contributed by atoms with van der Waals surface area (Å²) in [6, 6.07) is 11.0. The highest BCUT2D eigenvalue weighted by Crippen LogP contribution is 2.42. The van der Waals surface area contributed by atoms with Crippen molar-refractivity contribution in [3.63, 3.8) is 0 Å². The molecule has 1 heterocycles. The number of fused-ring (bicyclic) bond motifs is 1. The maximum Gasteiger partial charge on any atom is 0.0704 e. The summed E-state index contributed by atoms with van der Waals surface area (Å²) in [5.74, 6) is 0.553. The number of hydrogen-bond acceptors (Lipinski definition) is 1. The molecule has 2 aromatic rings. The summed E-state index contributed by atoms with van der Waals surface area (Å²) in [5.41, 5.74) is 4.30. The average molecular weight is 356 g/mol. The number of hydrogen-bond donors (Lipinski definition) is 0. The van der Waals surface area contributed by atoms with Crippen LogP contribution < -0.4 is 0 Å². The summed E-state index contributed by atoms with van der Waals surface area (Å²) in [7, 11) is 0. The molecule has 0 radical (unpaired) electrons. The van der Waals surface area contributed by atoms with Gasteiger partial charge in [0.25, 0.3) is 0 Å². The molecular formula is C16H16BrClS. The Morgan fingerprint density at radius 2 is 2.05 bits per heavy atom. The molecule has 1 aromatic carbocycles. The van der Waals surface area contributed by atoms with Crippen LogP contribution in [0.5, 0.6) is 0 Å². The van der Waals surface area contributed by atoms with Crippen molar-refractivity contribution < 1.29 is 0 Å². The molecule has 19 heavy (non-hydrogen) atoms.